The molecule has 2 fully saturated rings. The second kappa shape index (κ2) is 7.23. The normalized spacial score (nSPS) is 29.8. The van der Waals surface area contributed by atoms with Gasteiger partial charge in [0.15, 0.2) is 0 Å². The molecule has 2 saturated carbocycles. The number of nitrogens with zero attached hydrogens (tertiary/aromatic N) is 1. The molecule has 0 aromatic heterocycles. The molecule has 0 saturated heterocycles. The van der Waals surface area contributed by atoms with Crippen LogP contribution in [0.4, 0.5) is 0 Å². The Morgan fingerprint density at radius 2 is 1.75 bits per heavy atom. The smallest absolute Gasteiger partial charge is 0.199 e. The summed E-state index contributed by atoms with van der Waals surface area (Å²) in [5, 5.41) is 0. The van der Waals surface area contributed by atoms with Gasteiger partial charge in [0.2, 0.25) is 0 Å². The van der Waals surface area contributed by atoms with Gasteiger partial charge in [0.1, 0.15) is 0 Å². The van der Waals surface area contributed by atoms with Crippen LogP contribution < -0.4 is 4.72 Å². The van der Waals surface area contributed by atoms with Crippen LogP contribution in [-0.4, -0.2) is 31.9 Å². The highest BCUT2D eigenvalue weighted by molar-refractivity contribution is 7.87. The predicted octanol–water partition coefficient (Wildman–Crippen LogP) is 3.05. The minimum Gasteiger partial charge on any atom is -0.199 e. The second-order valence-corrected chi connectivity index (χ2v) is 8.33. The van der Waals surface area contributed by atoms with E-state index in [1.807, 2.05) is 0 Å². The third-order valence-corrected chi connectivity index (χ3v) is 6.83. The van der Waals surface area contributed by atoms with Gasteiger partial charge in [0, 0.05) is 19.1 Å². The Hall–Kier alpha value is -0.130. The van der Waals surface area contributed by atoms with Crippen molar-refractivity contribution in [3.05, 3.63) is 0 Å². The summed E-state index contributed by atoms with van der Waals surface area (Å²) in [6.07, 6.45) is 11.2. The Labute approximate surface area is 124 Å². The molecule has 0 radical (unpaired) electrons. The number of nitrogens with one attached hydrogen (secondary N) is 1. The van der Waals surface area contributed by atoms with E-state index in [0.29, 0.717) is 5.92 Å². The van der Waals surface area contributed by atoms with Crippen molar-refractivity contribution in [1.82, 2.24) is 9.03 Å². The third-order valence-electron chi connectivity index (χ3n) is 5.14. The van der Waals surface area contributed by atoms with Crippen molar-refractivity contribution in [2.75, 3.05) is 7.05 Å². The van der Waals surface area contributed by atoms with Crippen LogP contribution in [0.1, 0.15) is 71.1 Å². The molecule has 118 valence electrons. The molecule has 0 aromatic carbocycles. The second-order valence-electron chi connectivity index (χ2n) is 6.57. The molecule has 2 atom stereocenters. The minimum atomic E-state index is -3.31. The third kappa shape index (κ3) is 4.18. The average molecular weight is 302 g/mol. The highest BCUT2D eigenvalue weighted by atomic mass is 32.2. The summed E-state index contributed by atoms with van der Waals surface area (Å²) in [7, 11) is -1.56. The Morgan fingerprint density at radius 3 is 2.40 bits per heavy atom. The van der Waals surface area contributed by atoms with E-state index in [-0.39, 0.29) is 12.1 Å². The topological polar surface area (TPSA) is 49.4 Å². The number of hydrogen-bond donors (Lipinski definition) is 1. The zero-order chi connectivity index (χ0) is 14.6. The first-order valence-electron chi connectivity index (χ1n) is 8.28. The molecule has 0 spiro atoms. The zero-order valence-electron chi connectivity index (χ0n) is 13.0. The van der Waals surface area contributed by atoms with Crippen LogP contribution in [0.15, 0.2) is 0 Å². The van der Waals surface area contributed by atoms with E-state index >= 15 is 0 Å². The van der Waals surface area contributed by atoms with Gasteiger partial charge in [-0.1, -0.05) is 45.4 Å². The number of hydrogen-bond acceptors (Lipinski definition) is 2. The van der Waals surface area contributed by atoms with Crippen LogP contribution in [0.25, 0.3) is 0 Å². The van der Waals surface area contributed by atoms with Gasteiger partial charge in [-0.15, -0.1) is 0 Å². The molecule has 20 heavy (non-hydrogen) atoms. The van der Waals surface area contributed by atoms with E-state index in [4.69, 9.17) is 0 Å². The summed E-state index contributed by atoms with van der Waals surface area (Å²) >= 11 is 0. The van der Waals surface area contributed by atoms with Crippen LogP contribution in [0.3, 0.4) is 0 Å². The SMILES string of the molecule is CC[C@H]1CCC[C@@H](NS(=O)(=O)N(C)C2CCCCC2)C1. The summed E-state index contributed by atoms with van der Waals surface area (Å²) in [4.78, 5) is 0. The fourth-order valence-electron chi connectivity index (χ4n) is 3.70. The fourth-order valence-corrected chi connectivity index (χ4v) is 5.11. The highest BCUT2D eigenvalue weighted by Gasteiger charge is 2.31. The van der Waals surface area contributed by atoms with Gasteiger partial charge >= 0.3 is 0 Å². The largest absolute Gasteiger partial charge is 0.279 e. The van der Waals surface area contributed by atoms with Crippen molar-refractivity contribution in [1.29, 1.82) is 0 Å². The lowest BCUT2D eigenvalue weighted by Gasteiger charge is -2.34. The Bertz CT molecular complexity index is 391. The van der Waals surface area contributed by atoms with Crippen LogP contribution in [0.5, 0.6) is 0 Å². The van der Waals surface area contributed by atoms with Crippen molar-refractivity contribution in [3.8, 4) is 0 Å². The highest BCUT2D eigenvalue weighted by Crippen LogP contribution is 2.28. The summed E-state index contributed by atoms with van der Waals surface area (Å²) in [6, 6.07) is 0.344. The van der Waals surface area contributed by atoms with Gasteiger partial charge < -0.3 is 0 Å². The maximum absolute atomic E-state index is 12.5. The molecule has 1 N–H and O–H groups in total. The summed E-state index contributed by atoms with van der Waals surface area (Å²) < 4.78 is 29.6. The van der Waals surface area contributed by atoms with Gasteiger partial charge in [0.05, 0.1) is 0 Å². The Morgan fingerprint density at radius 1 is 1.05 bits per heavy atom. The summed E-state index contributed by atoms with van der Waals surface area (Å²) in [5.74, 6) is 0.691. The molecule has 2 rings (SSSR count). The van der Waals surface area contributed by atoms with Gasteiger partial charge in [-0.25, -0.2) is 0 Å². The van der Waals surface area contributed by atoms with Gasteiger partial charge in [-0.3, -0.25) is 0 Å². The van der Waals surface area contributed by atoms with Crippen LogP contribution in [0, 0.1) is 5.92 Å². The molecule has 4 nitrogen and oxygen atoms in total. The summed E-state index contributed by atoms with van der Waals surface area (Å²) in [6.45, 7) is 2.20. The molecule has 0 aromatic rings. The lowest BCUT2D eigenvalue weighted by atomic mass is 9.85. The molecule has 0 heterocycles. The van der Waals surface area contributed by atoms with Crippen molar-refractivity contribution >= 4 is 10.2 Å². The van der Waals surface area contributed by atoms with Crippen molar-refractivity contribution in [3.63, 3.8) is 0 Å². The van der Waals surface area contributed by atoms with Gasteiger partial charge in [-0.2, -0.15) is 17.4 Å². The molecule has 0 unspecified atom stereocenters. The van der Waals surface area contributed by atoms with E-state index in [1.54, 1.807) is 11.4 Å². The molecule has 5 heteroatoms. The van der Waals surface area contributed by atoms with E-state index < -0.39 is 10.2 Å². The maximum atomic E-state index is 12.5. The Kier molecular flexibility index (Phi) is 5.87. The molecule has 0 amide bonds. The van der Waals surface area contributed by atoms with Crippen LogP contribution >= 0.6 is 0 Å². The molecule has 0 aliphatic heterocycles. The van der Waals surface area contributed by atoms with E-state index in [9.17, 15) is 8.42 Å². The van der Waals surface area contributed by atoms with Crippen molar-refractivity contribution in [2.45, 2.75) is 83.2 Å². The molecule has 2 aliphatic rings. The van der Waals surface area contributed by atoms with E-state index in [1.165, 1.54) is 12.8 Å². The van der Waals surface area contributed by atoms with Gasteiger partial charge in [0.25, 0.3) is 10.2 Å². The number of rotatable bonds is 5. The predicted molar refractivity (Wildman–Crippen MR) is 82.7 cm³/mol. The fraction of sp³-hybridized carbons (Fsp3) is 1.00. The average Bonchev–Trinajstić information content (AvgIpc) is 2.47. The maximum Gasteiger partial charge on any atom is 0.279 e. The first-order valence-corrected chi connectivity index (χ1v) is 9.72. The monoisotopic (exact) mass is 302 g/mol. The standard InChI is InChI=1S/C15H30N2O2S/c1-3-13-8-7-9-14(12-13)16-20(18,19)17(2)15-10-5-4-6-11-15/h13-16H,3-12H2,1-2H3/t13-,14+/m0/s1. The molecular formula is C15H30N2O2S. The van der Waals surface area contributed by atoms with E-state index in [0.717, 1.165) is 51.4 Å². The van der Waals surface area contributed by atoms with E-state index in [2.05, 4.69) is 11.6 Å². The quantitative estimate of drug-likeness (QED) is 0.848. The lowest BCUT2D eigenvalue weighted by molar-refractivity contribution is 0.268. The first kappa shape index (κ1) is 16.2. The van der Waals surface area contributed by atoms with Crippen LogP contribution in [0.2, 0.25) is 0 Å². The lowest BCUT2D eigenvalue weighted by Crippen LogP contribution is -2.49. The first-order chi connectivity index (χ1) is 9.53. The Balaban J connectivity index is 1.92. The molecule has 2 aliphatic carbocycles. The molecular weight excluding hydrogens is 272 g/mol. The van der Waals surface area contributed by atoms with Crippen molar-refractivity contribution < 1.29 is 8.42 Å². The minimum absolute atomic E-state index is 0.143. The zero-order valence-corrected chi connectivity index (χ0v) is 13.8. The van der Waals surface area contributed by atoms with Crippen LogP contribution in [-0.2, 0) is 10.2 Å². The van der Waals surface area contributed by atoms with Crippen molar-refractivity contribution in [2.24, 2.45) is 5.92 Å². The molecule has 0 bridgehead atoms. The van der Waals surface area contributed by atoms with Gasteiger partial charge in [-0.05, 0) is 31.6 Å². The summed E-state index contributed by atoms with van der Waals surface area (Å²) in [5.41, 5.74) is 0.